The molecule has 0 bridgehead atoms. The molecule has 0 aliphatic carbocycles. The van der Waals surface area contributed by atoms with Crippen LogP contribution in [0, 0.1) is 11.3 Å². The summed E-state index contributed by atoms with van der Waals surface area (Å²) < 4.78 is 0. The van der Waals surface area contributed by atoms with Crippen molar-refractivity contribution in [3.63, 3.8) is 0 Å². The second-order valence-corrected chi connectivity index (χ2v) is 4.87. The molecule has 0 aromatic carbocycles. The summed E-state index contributed by atoms with van der Waals surface area (Å²) in [5, 5.41) is 2.83. The van der Waals surface area contributed by atoms with Gasteiger partial charge in [0, 0.05) is 6.54 Å². The first kappa shape index (κ1) is 13.4. The van der Waals surface area contributed by atoms with Crippen molar-refractivity contribution in [1.29, 1.82) is 0 Å². The Hall–Kier alpha value is -0.640. The Bertz CT molecular complexity index is 224. The summed E-state index contributed by atoms with van der Waals surface area (Å²) in [6.45, 7) is 8.39. The van der Waals surface area contributed by atoms with Crippen LogP contribution in [-0.4, -0.2) is 17.4 Å². The predicted octanol–water partition coefficient (Wildman–Crippen LogP) is 1.46. The summed E-state index contributed by atoms with van der Waals surface area (Å²) in [6.07, 6.45) is 0.971. The van der Waals surface area contributed by atoms with Gasteiger partial charge in [-0.3, -0.25) is 4.79 Å². The maximum atomic E-state index is 11.6. The van der Waals surface area contributed by atoms with Crippen LogP contribution in [0.2, 0.25) is 0 Å². The number of hydrogen-bond acceptors (Lipinski definition) is 2. The third kappa shape index (κ3) is 4.05. The summed E-state index contributed by atoms with van der Waals surface area (Å²) in [6, 6.07) is 0. The van der Waals surface area contributed by atoms with Gasteiger partial charge in [-0.15, -0.1) is 0 Å². The fourth-order valence-corrected chi connectivity index (χ4v) is 0.900. The number of hydrogen-bond donors (Lipinski definition) is 2. The van der Waals surface area contributed by atoms with Crippen molar-refractivity contribution in [3.05, 3.63) is 0 Å². The Morgan fingerprint density at radius 2 is 2.00 bits per heavy atom. The van der Waals surface area contributed by atoms with Crippen LogP contribution in [0.15, 0.2) is 0 Å². The van der Waals surface area contributed by atoms with E-state index in [-0.39, 0.29) is 10.9 Å². The van der Waals surface area contributed by atoms with Gasteiger partial charge in [-0.2, -0.15) is 0 Å². The maximum absolute atomic E-state index is 11.6. The standard InChI is InChI=1S/C10H20N2OS/c1-7(2)5-6-12-9(13)10(3,4)8(11)14/h7H,5-6H2,1-4H3,(H2,11,14)(H,12,13). The Morgan fingerprint density at radius 1 is 1.50 bits per heavy atom. The van der Waals surface area contributed by atoms with E-state index in [1.807, 2.05) is 0 Å². The van der Waals surface area contributed by atoms with E-state index in [4.69, 9.17) is 18.0 Å². The average molecular weight is 216 g/mol. The topological polar surface area (TPSA) is 55.1 Å². The molecule has 0 aliphatic heterocycles. The van der Waals surface area contributed by atoms with E-state index in [1.165, 1.54) is 0 Å². The fourth-order valence-electron chi connectivity index (χ4n) is 0.807. The quantitative estimate of drug-likeness (QED) is 0.684. The predicted molar refractivity (Wildman–Crippen MR) is 63.0 cm³/mol. The van der Waals surface area contributed by atoms with Crippen molar-refractivity contribution in [1.82, 2.24) is 5.32 Å². The van der Waals surface area contributed by atoms with E-state index >= 15 is 0 Å². The number of rotatable bonds is 5. The highest BCUT2D eigenvalue weighted by molar-refractivity contribution is 7.80. The lowest BCUT2D eigenvalue weighted by atomic mass is 9.92. The first-order valence-electron chi connectivity index (χ1n) is 4.86. The highest BCUT2D eigenvalue weighted by atomic mass is 32.1. The van der Waals surface area contributed by atoms with Crippen LogP contribution in [0.5, 0.6) is 0 Å². The molecule has 0 atom stereocenters. The van der Waals surface area contributed by atoms with E-state index < -0.39 is 5.41 Å². The van der Waals surface area contributed by atoms with Crippen LogP contribution < -0.4 is 11.1 Å². The van der Waals surface area contributed by atoms with E-state index in [9.17, 15) is 4.79 Å². The molecule has 0 saturated carbocycles. The van der Waals surface area contributed by atoms with Crippen molar-refractivity contribution in [2.45, 2.75) is 34.1 Å². The van der Waals surface area contributed by atoms with Crippen LogP contribution in [0.25, 0.3) is 0 Å². The van der Waals surface area contributed by atoms with Gasteiger partial charge < -0.3 is 11.1 Å². The molecule has 82 valence electrons. The number of carbonyl (C=O) groups is 1. The first-order valence-corrected chi connectivity index (χ1v) is 5.27. The molecule has 3 N–H and O–H groups in total. The maximum Gasteiger partial charge on any atom is 0.232 e. The van der Waals surface area contributed by atoms with Crippen LogP contribution >= 0.6 is 12.2 Å². The molecule has 4 heteroatoms. The monoisotopic (exact) mass is 216 g/mol. The van der Waals surface area contributed by atoms with Gasteiger partial charge in [0.2, 0.25) is 5.91 Å². The minimum atomic E-state index is -0.744. The fraction of sp³-hybridized carbons (Fsp3) is 0.800. The van der Waals surface area contributed by atoms with Gasteiger partial charge in [0.05, 0.1) is 10.4 Å². The minimum Gasteiger partial charge on any atom is -0.392 e. The van der Waals surface area contributed by atoms with Crippen molar-refractivity contribution in [2.75, 3.05) is 6.54 Å². The SMILES string of the molecule is CC(C)CCNC(=O)C(C)(C)C(N)=S. The van der Waals surface area contributed by atoms with Gasteiger partial charge in [0.25, 0.3) is 0 Å². The largest absolute Gasteiger partial charge is 0.392 e. The number of nitrogens with one attached hydrogen (secondary N) is 1. The normalized spacial score (nSPS) is 11.5. The lowest BCUT2D eigenvalue weighted by Gasteiger charge is -2.22. The van der Waals surface area contributed by atoms with Crippen molar-refractivity contribution in [3.8, 4) is 0 Å². The molecule has 0 aromatic heterocycles. The second-order valence-electron chi connectivity index (χ2n) is 4.43. The number of amides is 1. The van der Waals surface area contributed by atoms with E-state index in [0.717, 1.165) is 6.42 Å². The third-order valence-electron chi connectivity index (χ3n) is 2.19. The van der Waals surface area contributed by atoms with Gasteiger partial charge in [-0.25, -0.2) is 0 Å². The summed E-state index contributed by atoms with van der Waals surface area (Å²) >= 11 is 4.83. The summed E-state index contributed by atoms with van der Waals surface area (Å²) in [4.78, 5) is 11.8. The lowest BCUT2D eigenvalue weighted by Crippen LogP contribution is -2.45. The third-order valence-corrected chi connectivity index (χ3v) is 2.70. The van der Waals surface area contributed by atoms with Crippen LogP contribution in [0.1, 0.15) is 34.1 Å². The highest BCUT2D eigenvalue weighted by Crippen LogP contribution is 2.15. The molecule has 0 heterocycles. The number of nitrogens with two attached hydrogens (primary N) is 1. The molecule has 3 nitrogen and oxygen atoms in total. The Kier molecular flexibility index (Phi) is 5.05. The zero-order valence-corrected chi connectivity index (χ0v) is 10.2. The smallest absolute Gasteiger partial charge is 0.232 e. The molecule has 0 rings (SSSR count). The molecule has 0 unspecified atom stereocenters. The molecular weight excluding hydrogens is 196 g/mol. The molecule has 0 radical (unpaired) electrons. The van der Waals surface area contributed by atoms with Gasteiger partial charge in [0.1, 0.15) is 0 Å². The molecule has 1 amide bonds. The minimum absolute atomic E-state index is 0.0920. The zero-order chi connectivity index (χ0) is 11.4. The molecule has 0 aromatic rings. The molecule has 0 fully saturated rings. The molecule has 14 heavy (non-hydrogen) atoms. The first-order chi connectivity index (χ1) is 6.28. The van der Waals surface area contributed by atoms with E-state index in [2.05, 4.69) is 19.2 Å². The van der Waals surface area contributed by atoms with Crippen LogP contribution in [0.3, 0.4) is 0 Å². The Morgan fingerprint density at radius 3 is 2.36 bits per heavy atom. The summed E-state index contributed by atoms with van der Waals surface area (Å²) in [7, 11) is 0. The van der Waals surface area contributed by atoms with Gasteiger partial charge in [-0.05, 0) is 26.2 Å². The lowest BCUT2D eigenvalue weighted by molar-refractivity contribution is -0.126. The molecular formula is C10H20N2OS. The summed E-state index contributed by atoms with van der Waals surface area (Å²) in [5.74, 6) is 0.494. The molecule has 0 aliphatic rings. The second kappa shape index (κ2) is 5.29. The van der Waals surface area contributed by atoms with Gasteiger partial charge >= 0.3 is 0 Å². The van der Waals surface area contributed by atoms with E-state index in [0.29, 0.717) is 12.5 Å². The van der Waals surface area contributed by atoms with Gasteiger partial charge in [-0.1, -0.05) is 26.1 Å². The van der Waals surface area contributed by atoms with E-state index in [1.54, 1.807) is 13.8 Å². The highest BCUT2D eigenvalue weighted by Gasteiger charge is 2.30. The average Bonchev–Trinajstić information content (AvgIpc) is 2.02. The molecule has 0 saturated heterocycles. The number of thiocarbonyl (C=S) groups is 1. The van der Waals surface area contributed by atoms with Crippen LogP contribution in [0.4, 0.5) is 0 Å². The number of carbonyl (C=O) groups excluding carboxylic acids is 1. The van der Waals surface area contributed by atoms with Crippen molar-refractivity contribution < 1.29 is 4.79 Å². The Labute approximate surface area is 91.4 Å². The Balaban J connectivity index is 4.03. The van der Waals surface area contributed by atoms with Crippen molar-refractivity contribution >= 4 is 23.1 Å². The summed E-state index contributed by atoms with van der Waals surface area (Å²) in [5.41, 5.74) is 4.73. The zero-order valence-electron chi connectivity index (χ0n) is 9.39. The van der Waals surface area contributed by atoms with Crippen molar-refractivity contribution in [2.24, 2.45) is 17.1 Å². The van der Waals surface area contributed by atoms with Crippen LogP contribution in [-0.2, 0) is 4.79 Å². The van der Waals surface area contributed by atoms with Gasteiger partial charge in [0.15, 0.2) is 0 Å². The molecule has 0 spiro atoms.